The number of nitrogens with one attached hydrogen (secondary N) is 2. The average molecular weight is 475 g/mol. The van der Waals surface area contributed by atoms with E-state index in [1.165, 1.54) is 12.8 Å². The van der Waals surface area contributed by atoms with Gasteiger partial charge in [0.05, 0.1) is 0 Å². The van der Waals surface area contributed by atoms with Gasteiger partial charge in [0, 0.05) is 52.6 Å². The Bertz CT molecular complexity index is 515. The molecule has 148 valence electrons. The van der Waals surface area contributed by atoms with Crippen molar-refractivity contribution in [1.82, 2.24) is 15.6 Å². The largest absolute Gasteiger partial charge is 0.381 e. The molecule has 1 saturated carbocycles. The third-order valence-electron chi connectivity index (χ3n) is 4.39. The first-order valence-corrected chi connectivity index (χ1v) is 9.49. The lowest BCUT2D eigenvalue weighted by Crippen LogP contribution is -2.37. The normalized spacial score (nSPS) is 13.9. The molecule has 1 aliphatic rings. The Morgan fingerprint density at radius 2 is 2.04 bits per heavy atom. The molecule has 0 unspecified atom stereocenters. The van der Waals surface area contributed by atoms with Gasteiger partial charge in [-0.25, -0.2) is 4.98 Å². The van der Waals surface area contributed by atoms with Crippen LogP contribution in [0.5, 0.6) is 0 Å². The number of pyridine rings is 1. The lowest BCUT2D eigenvalue weighted by Gasteiger charge is -2.19. The summed E-state index contributed by atoms with van der Waals surface area (Å²) in [6.45, 7) is 9.57. The summed E-state index contributed by atoms with van der Waals surface area (Å²) < 4.78 is 5.64. The third-order valence-corrected chi connectivity index (χ3v) is 4.39. The van der Waals surface area contributed by atoms with Crippen LogP contribution in [0.2, 0.25) is 0 Å². The Hall–Kier alpha value is -1.09. The van der Waals surface area contributed by atoms with Crippen molar-refractivity contribution >= 4 is 35.8 Å². The SMILES string of the molecule is CCN(CC)c1ccc(CNC(=NC)NCCCOCC2CC2)cn1.I. The first-order valence-electron chi connectivity index (χ1n) is 9.49. The van der Waals surface area contributed by atoms with Gasteiger partial charge in [0.2, 0.25) is 0 Å². The number of guanidine groups is 1. The van der Waals surface area contributed by atoms with Gasteiger partial charge in [0.15, 0.2) is 5.96 Å². The van der Waals surface area contributed by atoms with Crippen molar-refractivity contribution in [3.05, 3.63) is 23.9 Å². The number of anilines is 1. The average Bonchev–Trinajstić information content (AvgIpc) is 3.47. The summed E-state index contributed by atoms with van der Waals surface area (Å²) in [6, 6.07) is 4.20. The monoisotopic (exact) mass is 475 g/mol. The van der Waals surface area contributed by atoms with E-state index in [0.717, 1.165) is 62.5 Å². The minimum Gasteiger partial charge on any atom is -0.381 e. The molecule has 0 bridgehead atoms. The van der Waals surface area contributed by atoms with Crippen LogP contribution in [0.4, 0.5) is 5.82 Å². The number of aliphatic imine (C=N–C) groups is 1. The van der Waals surface area contributed by atoms with Crippen LogP contribution in [-0.2, 0) is 11.3 Å². The molecule has 0 spiro atoms. The van der Waals surface area contributed by atoms with Gasteiger partial charge in [-0.15, -0.1) is 24.0 Å². The van der Waals surface area contributed by atoms with Crippen molar-refractivity contribution in [3.8, 4) is 0 Å². The molecule has 26 heavy (non-hydrogen) atoms. The molecular weight excluding hydrogens is 441 g/mol. The highest BCUT2D eigenvalue weighted by molar-refractivity contribution is 14.0. The second-order valence-corrected chi connectivity index (χ2v) is 6.42. The number of aromatic nitrogens is 1. The van der Waals surface area contributed by atoms with Crippen LogP contribution >= 0.6 is 24.0 Å². The minimum atomic E-state index is 0. The van der Waals surface area contributed by atoms with Crippen LogP contribution in [0, 0.1) is 5.92 Å². The van der Waals surface area contributed by atoms with Gasteiger partial charge >= 0.3 is 0 Å². The number of hydrogen-bond donors (Lipinski definition) is 2. The maximum absolute atomic E-state index is 5.64. The quantitative estimate of drug-likeness (QED) is 0.223. The second kappa shape index (κ2) is 13.1. The topological polar surface area (TPSA) is 61.8 Å². The minimum absolute atomic E-state index is 0. The summed E-state index contributed by atoms with van der Waals surface area (Å²) in [6.07, 6.45) is 5.62. The van der Waals surface area contributed by atoms with Crippen LogP contribution < -0.4 is 15.5 Å². The van der Waals surface area contributed by atoms with Gasteiger partial charge < -0.3 is 20.3 Å². The molecule has 0 radical (unpaired) electrons. The molecule has 1 aliphatic carbocycles. The van der Waals surface area contributed by atoms with Crippen molar-refractivity contribution in [2.45, 2.75) is 39.7 Å². The number of halogens is 1. The third kappa shape index (κ3) is 8.53. The zero-order chi connectivity index (χ0) is 17.9. The van der Waals surface area contributed by atoms with E-state index < -0.39 is 0 Å². The fraction of sp³-hybridized carbons (Fsp3) is 0.684. The van der Waals surface area contributed by atoms with Crippen molar-refractivity contribution in [2.75, 3.05) is 44.8 Å². The lowest BCUT2D eigenvalue weighted by atomic mass is 10.2. The zero-order valence-corrected chi connectivity index (χ0v) is 18.7. The van der Waals surface area contributed by atoms with E-state index in [0.29, 0.717) is 6.54 Å². The number of ether oxygens (including phenoxy) is 1. The highest BCUT2D eigenvalue weighted by atomic mass is 127. The van der Waals surface area contributed by atoms with Crippen molar-refractivity contribution in [1.29, 1.82) is 0 Å². The summed E-state index contributed by atoms with van der Waals surface area (Å²) in [7, 11) is 1.79. The van der Waals surface area contributed by atoms with E-state index in [9.17, 15) is 0 Å². The van der Waals surface area contributed by atoms with Crippen LogP contribution in [0.3, 0.4) is 0 Å². The molecular formula is C19H34IN5O. The predicted molar refractivity (Wildman–Crippen MR) is 120 cm³/mol. The van der Waals surface area contributed by atoms with E-state index in [1.54, 1.807) is 7.05 Å². The van der Waals surface area contributed by atoms with Gasteiger partial charge in [0.1, 0.15) is 5.82 Å². The van der Waals surface area contributed by atoms with E-state index in [-0.39, 0.29) is 24.0 Å². The Kier molecular flexibility index (Phi) is 11.6. The van der Waals surface area contributed by atoms with E-state index in [2.05, 4.69) is 51.5 Å². The van der Waals surface area contributed by atoms with Crippen molar-refractivity contribution in [2.24, 2.45) is 10.9 Å². The second-order valence-electron chi connectivity index (χ2n) is 6.42. The summed E-state index contributed by atoms with van der Waals surface area (Å²) >= 11 is 0. The van der Waals surface area contributed by atoms with Gasteiger partial charge in [-0.3, -0.25) is 4.99 Å². The van der Waals surface area contributed by atoms with E-state index >= 15 is 0 Å². The molecule has 0 aromatic carbocycles. The lowest BCUT2D eigenvalue weighted by molar-refractivity contribution is 0.123. The van der Waals surface area contributed by atoms with E-state index in [4.69, 9.17) is 4.74 Å². The summed E-state index contributed by atoms with van der Waals surface area (Å²) in [4.78, 5) is 11.0. The van der Waals surface area contributed by atoms with Gasteiger partial charge in [0.25, 0.3) is 0 Å². The fourth-order valence-corrected chi connectivity index (χ4v) is 2.58. The molecule has 0 atom stereocenters. The summed E-state index contributed by atoms with van der Waals surface area (Å²) in [5, 5.41) is 6.65. The number of rotatable bonds is 11. The Morgan fingerprint density at radius 1 is 1.27 bits per heavy atom. The van der Waals surface area contributed by atoms with Crippen molar-refractivity contribution < 1.29 is 4.74 Å². The molecule has 2 N–H and O–H groups in total. The molecule has 0 aliphatic heterocycles. The molecule has 2 rings (SSSR count). The maximum atomic E-state index is 5.64. The van der Waals surface area contributed by atoms with Crippen LogP contribution in [0.1, 0.15) is 38.7 Å². The highest BCUT2D eigenvalue weighted by Gasteiger charge is 2.20. The molecule has 1 heterocycles. The molecule has 6 nitrogen and oxygen atoms in total. The van der Waals surface area contributed by atoms with E-state index in [1.807, 2.05) is 6.20 Å². The van der Waals surface area contributed by atoms with Gasteiger partial charge in [-0.05, 0) is 50.7 Å². The number of nitrogens with zero attached hydrogens (tertiary/aromatic N) is 3. The summed E-state index contributed by atoms with van der Waals surface area (Å²) in [5.74, 6) is 2.68. The molecule has 0 saturated heterocycles. The fourth-order valence-electron chi connectivity index (χ4n) is 2.58. The molecule has 0 amide bonds. The molecule has 1 aromatic heterocycles. The Morgan fingerprint density at radius 3 is 2.62 bits per heavy atom. The standard InChI is InChI=1S/C19H33N5O.HI/c1-4-24(5-2)18-10-9-17(13-22-18)14-23-19(20-3)21-11-6-12-25-15-16-7-8-16;/h9-10,13,16H,4-8,11-12,14-15H2,1-3H3,(H2,20,21,23);1H. The van der Waals surface area contributed by atoms with Gasteiger partial charge in [-0.2, -0.15) is 0 Å². The molecule has 1 aromatic rings. The van der Waals surface area contributed by atoms with Crippen molar-refractivity contribution in [3.63, 3.8) is 0 Å². The van der Waals surface area contributed by atoms with Crippen LogP contribution in [-0.4, -0.2) is 50.8 Å². The maximum Gasteiger partial charge on any atom is 0.191 e. The first-order chi connectivity index (χ1) is 12.3. The highest BCUT2D eigenvalue weighted by Crippen LogP contribution is 2.28. The van der Waals surface area contributed by atoms with Crippen LogP contribution in [0.25, 0.3) is 0 Å². The zero-order valence-electron chi connectivity index (χ0n) is 16.3. The first kappa shape index (κ1) is 23.0. The van der Waals surface area contributed by atoms with Crippen LogP contribution in [0.15, 0.2) is 23.3 Å². The Balaban J connectivity index is 0.00000338. The number of hydrogen-bond acceptors (Lipinski definition) is 4. The van der Waals surface area contributed by atoms with Gasteiger partial charge in [-0.1, -0.05) is 6.07 Å². The molecule has 7 heteroatoms. The summed E-state index contributed by atoms with van der Waals surface area (Å²) in [5.41, 5.74) is 1.15. The Labute approximate surface area is 175 Å². The smallest absolute Gasteiger partial charge is 0.191 e. The predicted octanol–water partition coefficient (Wildman–Crippen LogP) is 3.03. The molecule has 1 fully saturated rings.